The van der Waals surface area contributed by atoms with Gasteiger partial charge < -0.3 is 15.0 Å². The van der Waals surface area contributed by atoms with Crippen molar-refractivity contribution in [2.24, 2.45) is 0 Å². The van der Waals surface area contributed by atoms with E-state index in [-0.39, 0.29) is 6.10 Å². The van der Waals surface area contributed by atoms with Crippen LogP contribution in [0.1, 0.15) is 11.9 Å². The molecule has 1 atom stereocenters. The Kier molecular flexibility index (Phi) is 4.07. The van der Waals surface area contributed by atoms with E-state index in [1.165, 1.54) is 0 Å². The lowest BCUT2D eigenvalue weighted by Gasteiger charge is -2.18. The zero-order valence-electron chi connectivity index (χ0n) is 10.3. The number of anilines is 1. The lowest BCUT2D eigenvalue weighted by molar-refractivity contribution is 0.0677. The van der Waals surface area contributed by atoms with E-state index < -0.39 is 0 Å². The number of ether oxygens (including phenoxy) is 1. The van der Waals surface area contributed by atoms with Crippen LogP contribution in [0.4, 0.5) is 5.69 Å². The second-order valence-electron chi connectivity index (χ2n) is 4.25. The van der Waals surface area contributed by atoms with Crippen LogP contribution < -0.4 is 5.73 Å². The van der Waals surface area contributed by atoms with E-state index >= 15 is 0 Å². The minimum Gasteiger partial charge on any atom is -0.396 e. The second-order valence-corrected chi connectivity index (χ2v) is 6.21. The molecule has 2 aromatic rings. The van der Waals surface area contributed by atoms with Crippen LogP contribution in [0, 0.1) is 0 Å². The Hall–Kier alpha value is -0.950. The highest BCUT2D eigenvalue weighted by molar-refractivity contribution is 7.99. The van der Waals surface area contributed by atoms with Gasteiger partial charge in [0.05, 0.1) is 22.3 Å². The molecule has 0 spiro atoms. The van der Waals surface area contributed by atoms with Gasteiger partial charge in [-0.3, -0.25) is 0 Å². The van der Waals surface area contributed by atoms with Crippen molar-refractivity contribution in [1.29, 1.82) is 0 Å². The number of thioether (sulfide) groups is 1. The molecule has 0 saturated carbocycles. The van der Waals surface area contributed by atoms with Crippen LogP contribution >= 0.6 is 35.0 Å². The molecule has 0 radical (unpaired) electrons. The Morgan fingerprint density at radius 3 is 2.70 bits per heavy atom. The third kappa shape index (κ3) is 2.74. The lowest BCUT2D eigenvalue weighted by Crippen LogP contribution is -2.16. The van der Waals surface area contributed by atoms with E-state index in [0.717, 1.165) is 11.5 Å². The molecule has 0 aliphatic carbocycles. The molecule has 106 valence electrons. The van der Waals surface area contributed by atoms with Gasteiger partial charge in [0, 0.05) is 17.1 Å². The Balaban J connectivity index is 1.89. The minimum atomic E-state index is -0.133. The van der Waals surface area contributed by atoms with Gasteiger partial charge in [-0.1, -0.05) is 28.4 Å². The zero-order chi connectivity index (χ0) is 14.1. The standard InChI is InChI=1S/C12H11Cl2N3O2S/c13-7-3-6(4-8(14)10(7)15)12-16-11(17-19-12)9-5-20-2-1-18-9/h3-4,9H,1-2,5,15H2. The topological polar surface area (TPSA) is 74.2 Å². The summed E-state index contributed by atoms with van der Waals surface area (Å²) in [7, 11) is 0. The fourth-order valence-corrected chi connectivity index (χ4v) is 3.15. The summed E-state index contributed by atoms with van der Waals surface area (Å²) in [5.41, 5.74) is 6.67. The van der Waals surface area contributed by atoms with Gasteiger partial charge in [-0.25, -0.2) is 0 Å². The van der Waals surface area contributed by atoms with Gasteiger partial charge in [-0.15, -0.1) is 0 Å². The Morgan fingerprint density at radius 2 is 2.05 bits per heavy atom. The van der Waals surface area contributed by atoms with Crippen molar-refractivity contribution in [3.05, 3.63) is 28.0 Å². The van der Waals surface area contributed by atoms with Crippen LogP contribution in [-0.4, -0.2) is 28.3 Å². The van der Waals surface area contributed by atoms with Crippen LogP contribution in [0.5, 0.6) is 0 Å². The number of nitrogen functional groups attached to an aromatic ring is 1. The van der Waals surface area contributed by atoms with Gasteiger partial charge in [0.2, 0.25) is 5.82 Å². The SMILES string of the molecule is Nc1c(Cl)cc(-c2nc(C3CSCCO3)no2)cc1Cl. The molecular formula is C12H11Cl2N3O2S. The van der Waals surface area contributed by atoms with Crippen LogP contribution in [-0.2, 0) is 4.74 Å². The summed E-state index contributed by atoms with van der Waals surface area (Å²) in [6.07, 6.45) is -0.133. The zero-order valence-corrected chi connectivity index (χ0v) is 12.6. The molecule has 1 aromatic carbocycles. The minimum absolute atomic E-state index is 0.133. The van der Waals surface area contributed by atoms with Crippen molar-refractivity contribution in [1.82, 2.24) is 10.1 Å². The molecular weight excluding hydrogens is 321 g/mol. The summed E-state index contributed by atoms with van der Waals surface area (Å²) in [5.74, 6) is 2.70. The molecule has 0 amide bonds. The molecule has 20 heavy (non-hydrogen) atoms. The first-order chi connectivity index (χ1) is 9.65. The number of hydrogen-bond donors (Lipinski definition) is 1. The van der Waals surface area contributed by atoms with Crippen molar-refractivity contribution >= 4 is 40.7 Å². The fraction of sp³-hybridized carbons (Fsp3) is 0.333. The van der Waals surface area contributed by atoms with E-state index in [1.54, 1.807) is 23.9 Å². The van der Waals surface area contributed by atoms with Crippen molar-refractivity contribution in [3.8, 4) is 11.5 Å². The largest absolute Gasteiger partial charge is 0.396 e. The molecule has 3 rings (SSSR count). The third-order valence-corrected chi connectivity index (χ3v) is 4.49. The predicted molar refractivity (Wildman–Crippen MR) is 80.2 cm³/mol. The maximum atomic E-state index is 6.00. The summed E-state index contributed by atoms with van der Waals surface area (Å²) >= 11 is 13.8. The molecule has 5 nitrogen and oxygen atoms in total. The third-order valence-electron chi connectivity index (χ3n) is 2.87. The van der Waals surface area contributed by atoms with Gasteiger partial charge in [0.1, 0.15) is 6.10 Å². The Bertz CT molecular complexity index is 606. The molecule has 1 aliphatic heterocycles. The normalized spacial score (nSPS) is 19.2. The lowest BCUT2D eigenvalue weighted by atomic mass is 10.2. The average Bonchev–Trinajstić information content (AvgIpc) is 2.95. The molecule has 1 fully saturated rings. The van der Waals surface area contributed by atoms with Crippen LogP contribution in [0.25, 0.3) is 11.5 Å². The first-order valence-corrected chi connectivity index (χ1v) is 7.84. The van der Waals surface area contributed by atoms with Gasteiger partial charge >= 0.3 is 0 Å². The monoisotopic (exact) mass is 331 g/mol. The summed E-state index contributed by atoms with van der Waals surface area (Å²) in [6, 6.07) is 3.30. The summed E-state index contributed by atoms with van der Waals surface area (Å²) in [6.45, 7) is 0.693. The van der Waals surface area contributed by atoms with E-state index in [0.29, 0.717) is 39.6 Å². The van der Waals surface area contributed by atoms with E-state index in [2.05, 4.69) is 10.1 Å². The van der Waals surface area contributed by atoms with Crippen molar-refractivity contribution < 1.29 is 9.26 Å². The number of benzene rings is 1. The maximum absolute atomic E-state index is 6.00. The molecule has 0 bridgehead atoms. The van der Waals surface area contributed by atoms with Crippen molar-refractivity contribution in [2.75, 3.05) is 23.8 Å². The van der Waals surface area contributed by atoms with Gasteiger partial charge in [0.25, 0.3) is 5.89 Å². The highest BCUT2D eigenvalue weighted by Gasteiger charge is 2.23. The molecule has 1 saturated heterocycles. The molecule has 1 unspecified atom stereocenters. The number of halogens is 2. The van der Waals surface area contributed by atoms with Gasteiger partial charge in [0.15, 0.2) is 0 Å². The van der Waals surface area contributed by atoms with Gasteiger partial charge in [-0.2, -0.15) is 16.7 Å². The van der Waals surface area contributed by atoms with Crippen molar-refractivity contribution in [2.45, 2.75) is 6.10 Å². The van der Waals surface area contributed by atoms with Crippen LogP contribution in [0.2, 0.25) is 10.0 Å². The number of rotatable bonds is 2. The highest BCUT2D eigenvalue weighted by atomic mass is 35.5. The molecule has 8 heteroatoms. The number of nitrogens with two attached hydrogens (primary N) is 1. The summed E-state index contributed by atoms with van der Waals surface area (Å²) in [5, 5.41) is 4.67. The summed E-state index contributed by atoms with van der Waals surface area (Å²) in [4.78, 5) is 4.34. The smallest absolute Gasteiger partial charge is 0.258 e. The van der Waals surface area contributed by atoms with Crippen LogP contribution in [0.3, 0.4) is 0 Å². The van der Waals surface area contributed by atoms with Crippen molar-refractivity contribution in [3.63, 3.8) is 0 Å². The highest BCUT2D eigenvalue weighted by Crippen LogP contribution is 2.33. The quantitative estimate of drug-likeness (QED) is 0.850. The first-order valence-electron chi connectivity index (χ1n) is 5.93. The summed E-state index contributed by atoms with van der Waals surface area (Å²) < 4.78 is 10.8. The first kappa shape index (κ1) is 14.0. The maximum Gasteiger partial charge on any atom is 0.258 e. The predicted octanol–water partition coefficient (Wildman–Crippen LogP) is 3.43. The Labute approximate surface area is 129 Å². The van der Waals surface area contributed by atoms with Crippen LogP contribution in [0.15, 0.2) is 16.7 Å². The molecule has 2 heterocycles. The fourth-order valence-electron chi connectivity index (χ4n) is 1.83. The van der Waals surface area contributed by atoms with E-state index in [4.69, 9.17) is 38.2 Å². The number of nitrogens with zero attached hydrogens (tertiary/aromatic N) is 2. The molecule has 1 aromatic heterocycles. The average molecular weight is 332 g/mol. The second kappa shape index (κ2) is 5.81. The van der Waals surface area contributed by atoms with Gasteiger partial charge in [-0.05, 0) is 12.1 Å². The number of hydrogen-bond acceptors (Lipinski definition) is 6. The Morgan fingerprint density at radius 1 is 1.30 bits per heavy atom. The van der Waals surface area contributed by atoms with E-state index in [9.17, 15) is 0 Å². The van der Waals surface area contributed by atoms with E-state index in [1.807, 2.05) is 0 Å². The number of aromatic nitrogens is 2. The molecule has 1 aliphatic rings. The molecule has 2 N–H and O–H groups in total.